The number of nitro groups is 1. The summed E-state index contributed by atoms with van der Waals surface area (Å²) in [6.07, 6.45) is 0. The van der Waals surface area contributed by atoms with Crippen LogP contribution in [0.15, 0.2) is 42.5 Å². The minimum Gasteiger partial charge on any atom is -0.478 e. The molecule has 7 heteroatoms. The molecule has 0 aromatic heterocycles. The summed E-state index contributed by atoms with van der Waals surface area (Å²) in [5.41, 5.74) is -0.164. The second-order valence-electron chi connectivity index (χ2n) is 3.80. The van der Waals surface area contributed by atoms with Gasteiger partial charge in [0.2, 0.25) is 5.75 Å². The Hall–Kier alpha value is -2.60. The number of carboxylic acid groups (broad SMARTS) is 1. The second-order valence-corrected chi connectivity index (χ2v) is 4.24. The molecule has 0 bridgehead atoms. The number of halogens is 1. The highest BCUT2D eigenvalue weighted by Gasteiger charge is 2.16. The first-order valence-corrected chi connectivity index (χ1v) is 5.80. The Bertz CT molecular complexity index is 669. The van der Waals surface area contributed by atoms with E-state index < -0.39 is 10.9 Å². The molecule has 0 saturated carbocycles. The molecule has 0 aliphatic rings. The number of benzene rings is 2. The Kier molecular flexibility index (Phi) is 3.86. The molecule has 0 heterocycles. The van der Waals surface area contributed by atoms with Crippen LogP contribution >= 0.6 is 11.6 Å². The van der Waals surface area contributed by atoms with Crippen LogP contribution in [0.3, 0.4) is 0 Å². The van der Waals surface area contributed by atoms with Gasteiger partial charge >= 0.3 is 11.7 Å². The number of nitrogens with zero attached hydrogens (tertiary/aromatic N) is 1. The van der Waals surface area contributed by atoms with Crippen molar-refractivity contribution in [1.29, 1.82) is 0 Å². The molecular formula is C13H8ClNO5. The standard InChI is InChI=1S/C13H8ClNO5/c14-9-3-6-12(11(7-9)15(18)19)20-10-4-1-8(2-5-10)13(16)17/h1-7H,(H,16,17). The number of carbonyl (C=O) groups is 1. The van der Waals surface area contributed by atoms with Gasteiger partial charge in [-0.2, -0.15) is 0 Å². The van der Waals surface area contributed by atoms with Crippen molar-refractivity contribution in [1.82, 2.24) is 0 Å². The van der Waals surface area contributed by atoms with Gasteiger partial charge in [-0.05, 0) is 36.4 Å². The third-order valence-corrected chi connectivity index (χ3v) is 2.68. The monoisotopic (exact) mass is 293 g/mol. The summed E-state index contributed by atoms with van der Waals surface area (Å²) in [5, 5.41) is 19.9. The van der Waals surface area contributed by atoms with Crippen LogP contribution in [0, 0.1) is 10.1 Å². The number of carboxylic acids is 1. The van der Waals surface area contributed by atoms with E-state index in [0.717, 1.165) is 0 Å². The molecule has 2 rings (SSSR count). The number of nitro benzene ring substituents is 1. The third-order valence-electron chi connectivity index (χ3n) is 2.45. The van der Waals surface area contributed by atoms with Crippen molar-refractivity contribution in [2.45, 2.75) is 0 Å². The Balaban J connectivity index is 2.30. The summed E-state index contributed by atoms with van der Waals surface area (Å²) >= 11 is 5.69. The Labute approximate surface area is 118 Å². The van der Waals surface area contributed by atoms with E-state index in [0.29, 0.717) is 5.75 Å². The summed E-state index contributed by atoms with van der Waals surface area (Å²) in [5.74, 6) is -0.739. The molecule has 20 heavy (non-hydrogen) atoms. The Morgan fingerprint density at radius 2 is 1.85 bits per heavy atom. The molecule has 0 radical (unpaired) electrons. The van der Waals surface area contributed by atoms with Gasteiger partial charge in [-0.15, -0.1) is 0 Å². The molecule has 2 aromatic rings. The molecule has 102 valence electrons. The largest absolute Gasteiger partial charge is 0.478 e. The molecule has 1 N–H and O–H groups in total. The van der Waals surface area contributed by atoms with E-state index in [9.17, 15) is 14.9 Å². The van der Waals surface area contributed by atoms with E-state index in [-0.39, 0.29) is 22.0 Å². The van der Waals surface area contributed by atoms with Gasteiger partial charge in [0.15, 0.2) is 0 Å². The van der Waals surface area contributed by atoms with Crippen LogP contribution in [0.5, 0.6) is 11.5 Å². The lowest BCUT2D eigenvalue weighted by Gasteiger charge is -2.06. The number of ether oxygens (including phenoxy) is 1. The Morgan fingerprint density at radius 1 is 1.20 bits per heavy atom. The molecule has 0 amide bonds. The number of rotatable bonds is 4. The molecule has 6 nitrogen and oxygen atoms in total. The highest BCUT2D eigenvalue weighted by Crippen LogP contribution is 2.33. The number of hydrogen-bond acceptors (Lipinski definition) is 4. The van der Waals surface area contributed by atoms with Gasteiger partial charge in [0.1, 0.15) is 5.75 Å². The summed E-state index contributed by atoms with van der Waals surface area (Å²) in [7, 11) is 0. The molecule has 0 atom stereocenters. The first-order valence-electron chi connectivity index (χ1n) is 5.42. The summed E-state index contributed by atoms with van der Waals surface area (Å²) in [6, 6.07) is 9.56. The molecule has 0 aliphatic carbocycles. The molecule has 0 spiro atoms. The van der Waals surface area contributed by atoms with Gasteiger partial charge in [-0.1, -0.05) is 11.6 Å². The molecule has 0 saturated heterocycles. The topological polar surface area (TPSA) is 89.7 Å². The average Bonchev–Trinajstić information content (AvgIpc) is 2.41. The molecule has 0 aliphatic heterocycles. The van der Waals surface area contributed by atoms with E-state index in [2.05, 4.69) is 0 Å². The minimum atomic E-state index is -1.06. The maximum Gasteiger partial charge on any atom is 0.335 e. The van der Waals surface area contributed by atoms with E-state index in [1.807, 2.05) is 0 Å². The zero-order valence-electron chi connectivity index (χ0n) is 9.95. The van der Waals surface area contributed by atoms with Crippen LogP contribution in [0.4, 0.5) is 5.69 Å². The second kappa shape index (κ2) is 5.58. The van der Waals surface area contributed by atoms with Crippen molar-refractivity contribution in [2.24, 2.45) is 0 Å². The van der Waals surface area contributed by atoms with Gasteiger partial charge in [0, 0.05) is 11.1 Å². The van der Waals surface area contributed by atoms with Crippen molar-refractivity contribution in [2.75, 3.05) is 0 Å². The first kappa shape index (κ1) is 13.8. The SMILES string of the molecule is O=C(O)c1ccc(Oc2ccc(Cl)cc2[N+](=O)[O-])cc1. The highest BCUT2D eigenvalue weighted by molar-refractivity contribution is 6.30. The fraction of sp³-hybridized carbons (Fsp3) is 0. The van der Waals surface area contributed by atoms with Gasteiger partial charge < -0.3 is 9.84 Å². The van der Waals surface area contributed by atoms with Gasteiger partial charge in [0.25, 0.3) is 0 Å². The fourth-order valence-corrected chi connectivity index (χ4v) is 1.68. The lowest BCUT2D eigenvalue weighted by atomic mass is 10.2. The van der Waals surface area contributed by atoms with E-state index in [1.54, 1.807) is 0 Å². The van der Waals surface area contributed by atoms with E-state index in [1.165, 1.54) is 42.5 Å². The van der Waals surface area contributed by atoms with Crippen molar-refractivity contribution in [3.8, 4) is 11.5 Å². The normalized spacial score (nSPS) is 10.1. The predicted molar refractivity (Wildman–Crippen MR) is 71.6 cm³/mol. The van der Waals surface area contributed by atoms with Crippen molar-refractivity contribution < 1.29 is 19.6 Å². The Morgan fingerprint density at radius 3 is 2.40 bits per heavy atom. The highest BCUT2D eigenvalue weighted by atomic mass is 35.5. The number of hydrogen-bond donors (Lipinski definition) is 1. The summed E-state index contributed by atoms with van der Waals surface area (Å²) < 4.78 is 5.37. The van der Waals surface area contributed by atoms with Gasteiger partial charge in [-0.3, -0.25) is 10.1 Å². The van der Waals surface area contributed by atoms with Crippen molar-refractivity contribution in [3.63, 3.8) is 0 Å². The summed E-state index contributed by atoms with van der Waals surface area (Å²) in [4.78, 5) is 21.0. The van der Waals surface area contributed by atoms with Crippen molar-refractivity contribution >= 4 is 23.3 Å². The summed E-state index contributed by atoms with van der Waals surface area (Å²) in [6.45, 7) is 0. The fourth-order valence-electron chi connectivity index (χ4n) is 1.51. The molecular weight excluding hydrogens is 286 g/mol. The quantitative estimate of drug-likeness (QED) is 0.685. The maximum atomic E-state index is 10.9. The zero-order valence-corrected chi connectivity index (χ0v) is 10.7. The first-order chi connectivity index (χ1) is 9.47. The van der Waals surface area contributed by atoms with Crippen LogP contribution in [0.2, 0.25) is 5.02 Å². The van der Waals surface area contributed by atoms with Crippen molar-refractivity contribution in [3.05, 3.63) is 63.2 Å². The van der Waals surface area contributed by atoms with E-state index >= 15 is 0 Å². The zero-order chi connectivity index (χ0) is 14.7. The molecule has 0 unspecified atom stereocenters. The van der Waals surface area contributed by atoms with Gasteiger partial charge in [-0.25, -0.2) is 4.79 Å². The van der Waals surface area contributed by atoms with Crippen LogP contribution in [-0.2, 0) is 0 Å². The molecule has 2 aromatic carbocycles. The van der Waals surface area contributed by atoms with Crippen LogP contribution in [0.25, 0.3) is 0 Å². The smallest absolute Gasteiger partial charge is 0.335 e. The van der Waals surface area contributed by atoms with Crippen LogP contribution < -0.4 is 4.74 Å². The van der Waals surface area contributed by atoms with Crippen LogP contribution in [0.1, 0.15) is 10.4 Å². The van der Waals surface area contributed by atoms with E-state index in [4.69, 9.17) is 21.4 Å². The lowest BCUT2D eigenvalue weighted by Crippen LogP contribution is -1.96. The van der Waals surface area contributed by atoms with Crippen LogP contribution in [-0.4, -0.2) is 16.0 Å². The maximum absolute atomic E-state index is 10.9. The minimum absolute atomic E-state index is 0.0301. The number of aromatic carboxylic acids is 1. The lowest BCUT2D eigenvalue weighted by molar-refractivity contribution is -0.385. The predicted octanol–water partition coefficient (Wildman–Crippen LogP) is 3.74. The molecule has 0 fully saturated rings. The average molecular weight is 294 g/mol. The third kappa shape index (κ3) is 3.04. The van der Waals surface area contributed by atoms with Gasteiger partial charge in [0.05, 0.1) is 10.5 Å².